The van der Waals surface area contributed by atoms with Crippen molar-refractivity contribution >= 4 is 11.9 Å². The van der Waals surface area contributed by atoms with Crippen LogP contribution in [0.1, 0.15) is 39.5 Å². The van der Waals surface area contributed by atoms with Gasteiger partial charge in [0.25, 0.3) is 0 Å². The maximum absolute atomic E-state index is 11.7. The molecule has 0 radical (unpaired) electrons. The largest absolute Gasteiger partial charge is 0.478 e. The molecule has 0 unspecified atom stereocenters. The summed E-state index contributed by atoms with van der Waals surface area (Å²) in [5.41, 5.74) is 1.61. The molecule has 0 aromatic rings. The number of carboxylic acid groups (broad SMARTS) is 1. The number of ether oxygens (including phenoxy) is 1. The number of carbonyl (C=O) groups is 2. The Hall–Kier alpha value is -1.58. The van der Waals surface area contributed by atoms with Crippen molar-refractivity contribution in [3.63, 3.8) is 0 Å². The summed E-state index contributed by atoms with van der Waals surface area (Å²) in [4.78, 5) is 22.8. The van der Waals surface area contributed by atoms with Crippen molar-refractivity contribution in [3.8, 4) is 0 Å². The predicted molar refractivity (Wildman–Crippen MR) is 70.5 cm³/mol. The van der Waals surface area contributed by atoms with Crippen LogP contribution in [0.3, 0.4) is 0 Å². The number of rotatable bonds is 1. The summed E-state index contributed by atoms with van der Waals surface area (Å²) in [6, 6.07) is 0. The first kappa shape index (κ1) is 13.8. The van der Waals surface area contributed by atoms with Crippen molar-refractivity contribution in [2.24, 2.45) is 11.8 Å². The van der Waals surface area contributed by atoms with Gasteiger partial charge in [-0.3, -0.25) is 4.79 Å². The van der Waals surface area contributed by atoms with Gasteiger partial charge in [0.15, 0.2) is 0 Å². The molecule has 1 heterocycles. The number of esters is 1. The van der Waals surface area contributed by atoms with Gasteiger partial charge >= 0.3 is 11.9 Å². The highest BCUT2D eigenvalue weighted by Crippen LogP contribution is 2.35. The molecule has 1 aliphatic heterocycles. The SMILES string of the molecule is C/C1=C/[C@H]2OC(=O)[C@H](C)[C@@H]2CC/C(C(=O)O)=C\CC1. The predicted octanol–water partition coefficient (Wildman–Crippen LogP) is 2.70. The molecular weight excluding hydrogens is 244 g/mol. The lowest BCUT2D eigenvalue weighted by atomic mass is 9.84. The van der Waals surface area contributed by atoms with Gasteiger partial charge in [0.2, 0.25) is 0 Å². The summed E-state index contributed by atoms with van der Waals surface area (Å²) >= 11 is 0. The first-order valence-electron chi connectivity index (χ1n) is 6.79. The zero-order chi connectivity index (χ0) is 14.0. The molecule has 4 heteroatoms. The minimum Gasteiger partial charge on any atom is -0.478 e. The minimum absolute atomic E-state index is 0.0864. The van der Waals surface area contributed by atoms with Crippen LogP contribution in [0.25, 0.3) is 0 Å². The number of aliphatic carboxylic acids is 1. The van der Waals surface area contributed by atoms with Crippen molar-refractivity contribution in [2.45, 2.75) is 45.6 Å². The van der Waals surface area contributed by atoms with Gasteiger partial charge in [0.1, 0.15) is 6.10 Å². The highest BCUT2D eigenvalue weighted by Gasteiger charge is 2.40. The molecule has 1 N–H and O–H groups in total. The lowest BCUT2D eigenvalue weighted by Gasteiger charge is -2.19. The number of carboxylic acids is 1. The van der Waals surface area contributed by atoms with E-state index in [1.54, 1.807) is 0 Å². The number of allylic oxidation sites excluding steroid dienone is 2. The monoisotopic (exact) mass is 264 g/mol. The molecule has 0 spiro atoms. The Morgan fingerprint density at radius 3 is 2.84 bits per heavy atom. The Morgan fingerprint density at radius 1 is 1.42 bits per heavy atom. The third-order valence-electron chi connectivity index (χ3n) is 4.09. The maximum Gasteiger partial charge on any atom is 0.331 e. The van der Waals surface area contributed by atoms with Gasteiger partial charge in [-0.05, 0) is 38.7 Å². The van der Waals surface area contributed by atoms with E-state index in [4.69, 9.17) is 9.84 Å². The van der Waals surface area contributed by atoms with Crippen molar-refractivity contribution in [1.29, 1.82) is 0 Å². The average Bonchev–Trinajstić information content (AvgIpc) is 2.60. The third-order valence-corrected chi connectivity index (χ3v) is 4.09. The summed E-state index contributed by atoms with van der Waals surface area (Å²) in [6.45, 7) is 3.87. The van der Waals surface area contributed by atoms with E-state index in [9.17, 15) is 9.59 Å². The second-order valence-corrected chi connectivity index (χ2v) is 5.48. The van der Waals surface area contributed by atoms with Crippen LogP contribution >= 0.6 is 0 Å². The Kier molecular flexibility index (Phi) is 4.08. The van der Waals surface area contributed by atoms with Crippen LogP contribution in [0.2, 0.25) is 0 Å². The Bertz CT molecular complexity index is 447. The van der Waals surface area contributed by atoms with Gasteiger partial charge in [-0.2, -0.15) is 0 Å². The van der Waals surface area contributed by atoms with Crippen LogP contribution in [0.4, 0.5) is 0 Å². The van der Waals surface area contributed by atoms with Crippen LogP contribution in [-0.2, 0) is 14.3 Å². The second-order valence-electron chi connectivity index (χ2n) is 5.48. The first-order valence-corrected chi connectivity index (χ1v) is 6.79. The fourth-order valence-electron chi connectivity index (χ4n) is 2.82. The van der Waals surface area contributed by atoms with E-state index in [0.29, 0.717) is 18.4 Å². The van der Waals surface area contributed by atoms with Crippen LogP contribution < -0.4 is 0 Å². The van der Waals surface area contributed by atoms with Gasteiger partial charge in [0.05, 0.1) is 5.92 Å². The molecule has 19 heavy (non-hydrogen) atoms. The number of hydrogen-bond donors (Lipinski definition) is 1. The Balaban J connectivity index is 2.23. The fraction of sp³-hybridized carbons (Fsp3) is 0.600. The number of fused-ring (bicyclic) bond motifs is 1. The number of hydrogen-bond acceptors (Lipinski definition) is 3. The molecule has 2 aliphatic rings. The summed E-state index contributed by atoms with van der Waals surface area (Å²) < 4.78 is 5.39. The van der Waals surface area contributed by atoms with E-state index in [0.717, 1.165) is 18.4 Å². The standard InChI is InChI=1S/C15H20O4/c1-9-4-3-5-11(14(16)17)6-7-12-10(2)15(18)19-13(12)8-9/h5,8,10,12-13H,3-4,6-7H2,1-2H3,(H,16,17)/b9-8-,11-5+/t10-,12+,13-/m1/s1. The van der Waals surface area contributed by atoms with Crippen molar-refractivity contribution in [1.82, 2.24) is 0 Å². The van der Waals surface area contributed by atoms with Crippen molar-refractivity contribution in [3.05, 3.63) is 23.3 Å². The van der Waals surface area contributed by atoms with Gasteiger partial charge in [0, 0.05) is 11.5 Å². The van der Waals surface area contributed by atoms with Crippen LogP contribution in [0.15, 0.2) is 23.3 Å². The van der Waals surface area contributed by atoms with Crippen molar-refractivity contribution in [2.75, 3.05) is 0 Å². The zero-order valence-electron chi connectivity index (χ0n) is 11.4. The summed E-state index contributed by atoms with van der Waals surface area (Å²) in [6.07, 6.45) is 6.38. The van der Waals surface area contributed by atoms with Crippen LogP contribution in [-0.4, -0.2) is 23.1 Å². The molecule has 1 saturated heterocycles. The molecule has 2 rings (SSSR count). The smallest absolute Gasteiger partial charge is 0.331 e. The zero-order valence-corrected chi connectivity index (χ0v) is 11.4. The van der Waals surface area contributed by atoms with E-state index in [2.05, 4.69) is 0 Å². The van der Waals surface area contributed by atoms with E-state index >= 15 is 0 Å². The minimum atomic E-state index is -0.850. The van der Waals surface area contributed by atoms with E-state index in [1.807, 2.05) is 26.0 Å². The van der Waals surface area contributed by atoms with Crippen LogP contribution in [0, 0.1) is 11.8 Å². The molecule has 0 saturated carbocycles. The molecule has 0 aromatic carbocycles. The van der Waals surface area contributed by atoms with E-state index < -0.39 is 5.97 Å². The normalized spacial score (nSPS) is 37.4. The highest BCUT2D eigenvalue weighted by atomic mass is 16.6. The average molecular weight is 264 g/mol. The molecule has 0 bridgehead atoms. The molecule has 104 valence electrons. The Labute approximate surface area is 113 Å². The van der Waals surface area contributed by atoms with Gasteiger partial charge < -0.3 is 9.84 Å². The summed E-state index contributed by atoms with van der Waals surface area (Å²) in [5, 5.41) is 9.16. The second kappa shape index (κ2) is 5.59. The Morgan fingerprint density at radius 2 is 2.16 bits per heavy atom. The highest BCUT2D eigenvalue weighted by molar-refractivity contribution is 5.86. The molecule has 1 fully saturated rings. The lowest BCUT2D eigenvalue weighted by Crippen LogP contribution is -2.19. The number of carbonyl (C=O) groups excluding carboxylic acids is 1. The topological polar surface area (TPSA) is 63.6 Å². The molecular formula is C15H20O4. The lowest BCUT2D eigenvalue weighted by molar-refractivity contribution is -0.142. The third kappa shape index (κ3) is 3.06. The molecule has 3 atom stereocenters. The summed E-state index contributed by atoms with van der Waals surface area (Å²) in [5.74, 6) is -1.08. The molecule has 1 aliphatic carbocycles. The molecule has 0 aromatic heterocycles. The van der Waals surface area contributed by atoms with Gasteiger partial charge in [-0.25, -0.2) is 4.79 Å². The molecule has 4 nitrogen and oxygen atoms in total. The van der Waals surface area contributed by atoms with Crippen molar-refractivity contribution < 1.29 is 19.4 Å². The van der Waals surface area contributed by atoms with Crippen LogP contribution in [0.5, 0.6) is 0 Å². The van der Waals surface area contributed by atoms with E-state index in [-0.39, 0.29) is 23.9 Å². The summed E-state index contributed by atoms with van der Waals surface area (Å²) in [7, 11) is 0. The molecule has 0 amide bonds. The quantitative estimate of drug-likeness (QED) is 0.584. The maximum atomic E-state index is 11.7. The first-order chi connectivity index (χ1) is 8.99. The van der Waals surface area contributed by atoms with E-state index in [1.165, 1.54) is 0 Å². The van der Waals surface area contributed by atoms with Gasteiger partial charge in [-0.1, -0.05) is 18.6 Å². The van der Waals surface area contributed by atoms with Gasteiger partial charge in [-0.15, -0.1) is 0 Å². The fourth-order valence-corrected chi connectivity index (χ4v) is 2.82.